The fourth-order valence-electron chi connectivity index (χ4n) is 3.75. The van der Waals surface area contributed by atoms with E-state index in [1.807, 2.05) is 20.8 Å². The Bertz CT molecular complexity index is 400. The number of fused-ring (bicyclic) bond motifs is 1. The Balaban J connectivity index is 2.45. The van der Waals surface area contributed by atoms with E-state index in [1.54, 1.807) is 6.92 Å². The molecule has 0 aromatic heterocycles. The van der Waals surface area contributed by atoms with E-state index >= 15 is 0 Å². The lowest BCUT2D eigenvalue weighted by atomic mass is 9.76. The van der Waals surface area contributed by atoms with Crippen LogP contribution in [0.5, 0.6) is 0 Å². The highest BCUT2D eigenvalue weighted by molar-refractivity contribution is 5.97. The summed E-state index contributed by atoms with van der Waals surface area (Å²) in [5, 5.41) is 21.1. The van der Waals surface area contributed by atoms with Crippen LogP contribution in [0.4, 0.5) is 0 Å². The van der Waals surface area contributed by atoms with Gasteiger partial charge in [0.25, 0.3) is 0 Å². The summed E-state index contributed by atoms with van der Waals surface area (Å²) in [5.74, 6) is 0.0577. The Morgan fingerprint density at radius 3 is 2.33 bits per heavy atom. The predicted octanol–water partition coefficient (Wildman–Crippen LogP) is 2.21. The molecule has 2 aliphatic carbocycles. The largest absolute Gasteiger partial charge is 0.390 e. The molecule has 0 radical (unpaired) electrons. The average molecular weight is 252 g/mol. The van der Waals surface area contributed by atoms with Crippen molar-refractivity contribution in [3.05, 3.63) is 11.1 Å². The minimum atomic E-state index is -0.987. The van der Waals surface area contributed by atoms with E-state index in [1.165, 1.54) is 0 Å². The van der Waals surface area contributed by atoms with Crippen LogP contribution < -0.4 is 0 Å². The van der Waals surface area contributed by atoms with Crippen LogP contribution in [0, 0.1) is 11.8 Å². The van der Waals surface area contributed by atoms with Crippen molar-refractivity contribution < 1.29 is 15.0 Å². The summed E-state index contributed by atoms with van der Waals surface area (Å²) in [6, 6.07) is 0. The number of carbonyl (C=O) groups is 1. The first-order valence-corrected chi connectivity index (χ1v) is 6.79. The third kappa shape index (κ3) is 2.14. The zero-order valence-corrected chi connectivity index (χ0v) is 11.8. The van der Waals surface area contributed by atoms with Gasteiger partial charge in [0.2, 0.25) is 0 Å². The van der Waals surface area contributed by atoms with Gasteiger partial charge in [0, 0.05) is 6.42 Å². The van der Waals surface area contributed by atoms with Gasteiger partial charge < -0.3 is 10.2 Å². The molecule has 0 spiro atoms. The Kier molecular flexibility index (Phi) is 3.19. The molecule has 2 aliphatic rings. The van der Waals surface area contributed by atoms with Crippen molar-refractivity contribution in [2.45, 2.75) is 64.6 Å². The molecule has 3 nitrogen and oxygen atoms in total. The predicted molar refractivity (Wildman–Crippen MR) is 70.1 cm³/mol. The third-order valence-electron chi connectivity index (χ3n) is 4.93. The molecule has 0 unspecified atom stereocenters. The topological polar surface area (TPSA) is 57.5 Å². The van der Waals surface area contributed by atoms with Gasteiger partial charge in [0.1, 0.15) is 0 Å². The van der Waals surface area contributed by atoms with Gasteiger partial charge in [0.05, 0.1) is 11.2 Å². The summed E-state index contributed by atoms with van der Waals surface area (Å²) in [4.78, 5) is 12.2. The molecule has 18 heavy (non-hydrogen) atoms. The first kappa shape index (κ1) is 13.8. The zero-order valence-electron chi connectivity index (χ0n) is 11.8. The minimum Gasteiger partial charge on any atom is -0.390 e. The van der Waals surface area contributed by atoms with Gasteiger partial charge in [-0.25, -0.2) is 0 Å². The van der Waals surface area contributed by atoms with Crippen LogP contribution in [0.1, 0.15) is 53.4 Å². The fraction of sp³-hybridized carbons (Fsp3) is 0.800. The number of rotatable bonds is 0. The highest BCUT2D eigenvalue weighted by Crippen LogP contribution is 2.51. The summed E-state index contributed by atoms with van der Waals surface area (Å²) >= 11 is 0. The molecule has 2 saturated carbocycles. The van der Waals surface area contributed by atoms with Gasteiger partial charge >= 0.3 is 0 Å². The number of allylic oxidation sites excluding steroid dienone is 2. The summed E-state index contributed by atoms with van der Waals surface area (Å²) in [5.41, 5.74) is 0.0727. The molecule has 0 saturated heterocycles. The van der Waals surface area contributed by atoms with Crippen molar-refractivity contribution >= 4 is 5.78 Å². The van der Waals surface area contributed by atoms with E-state index in [9.17, 15) is 15.0 Å². The van der Waals surface area contributed by atoms with Gasteiger partial charge in [-0.2, -0.15) is 0 Å². The van der Waals surface area contributed by atoms with Crippen LogP contribution in [0.2, 0.25) is 0 Å². The van der Waals surface area contributed by atoms with E-state index < -0.39 is 11.2 Å². The SMILES string of the molecule is CC(C)=C1C[C@H]2[C@@H](CC[C@]2(C)O)[C@@](C)(O)CC1=O. The van der Waals surface area contributed by atoms with Gasteiger partial charge in [-0.15, -0.1) is 0 Å². The molecule has 102 valence electrons. The van der Waals surface area contributed by atoms with Crippen LogP contribution in [-0.2, 0) is 4.79 Å². The van der Waals surface area contributed by atoms with Crippen LogP contribution in [-0.4, -0.2) is 27.2 Å². The van der Waals surface area contributed by atoms with Crippen molar-refractivity contribution in [3.63, 3.8) is 0 Å². The quantitative estimate of drug-likeness (QED) is 0.650. The Hall–Kier alpha value is -0.670. The molecule has 3 heteroatoms. The molecule has 0 heterocycles. The Morgan fingerprint density at radius 1 is 1.17 bits per heavy atom. The minimum absolute atomic E-state index is 0.0103. The standard InChI is InChI=1S/C15H24O3/c1-9(2)10-7-12-11(5-6-14(12,3)17)15(4,18)8-13(10)16/h11-12,17-18H,5-8H2,1-4H3/t11-,12+,14+,15+/m1/s1. The normalized spacial score (nSPS) is 44.8. The molecule has 2 rings (SSSR count). The van der Waals surface area contributed by atoms with Crippen molar-refractivity contribution in [3.8, 4) is 0 Å². The second-order valence-corrected chi connectivity index (χ2v) is 6.75. The monoisotopic (exact) mass is 252 g/mol. The van der Waals surface area contributed by atoms with Crippen molar-refractivity contribution in [1.29, 1.82) is 0 Å². The summed E-state index contributed by atoms with van der Waals surface area (Å²) in [6.07, 6.45) is 2.30. The van der Waals surface area contributed by atoms with Gasteiger partial charge in [-0.3, -0.25) is 4.79 Å². The van der Waals surface area contributed by atoms with Crippen LogP contribution in [0.3, 0.4) is 0 Å². The number of hydrogen-bond acceptors (Lipinski definition) is 3. The van der Waals surface area contributed by atoms with Gasteiger partial charge in [0.15, 0.2) is 5.78 Å². The van der Waals surface area contributed by atoms with E-state index in [2.05, 4.69) is 0 Å². The van der Waals surface area contributed by atoms with E-state index in [-0.39, 0.29) is 24.0 Å². The number of aliphatic hydroxyl groups is 2. The van der Waals surface area contributed by atoms with Gasteiger partial charge in [-0.1, -0.05) is 5.57 Å². The molecule has 0 aliphatic heterocycles. The van der Waals surface area contributed by atoms with Gasteiger partial charge in [-0.05, 0) is 64.4 Å². The number of carbonyl (C=O) groups excluding carboxylic acids is 1. The Morgan fingerprint density at radius 2 is 1.78 bits per heavy atom. The van der Waals surface area contributed by atoms with Crippen molar-refractivity contribution in [2.24, 2.45) is 11.8 Å². The maximum Gasteiger partial charge on any atom is 0.161 e. The number of hydrogen-bond donors (Lipinski definition) is 2. The number of Topliss-reactive ketones (excluding diaryl/α,β-unsaturated/α-hetero) is 1. The molecule has 0 aromatic carbocycles. The van der Waals surface area contributed by atoms with Crippen LogP contribution in [0.25, 0.3) is 0 Å². The molecule has 0 amide bonds. The molecule has 4 atom stereocenters. The van der Waals surface area contributed by atoms with E-state index in [0.29, 0.717) is 12.8 Å². The maximum atomic E-state index is 12.2. The maximum absolute atomic E-state index is 12.2. The lowest BCUT2D eigenvalue weighted by Crippen LogP contribution is -2.41. The molecule has 0 bridgehead atoms. The second kappa shape index (κ2) is 4.17. The third-order valence-corrected chi connectivity index (χ3v) is 4.93. The molecule has 0 aromatic rings. The zero-order chi connectivity index (χ0) is 13.7. The van der Waals surface area contributed by atoms with Crippen molar-refractivity contribution in [1.82, 2.24) is 0 Å². The Labute approximate surface area is 109 Å². The lowest BCUT2D eigenvalue weighted by molar-refractivity contribution is -0.121. The van der Waals surface area contributed by atoms with Crippen LogP contribution >= 0.6 is 0 Å². The first-order chi connectivity index (χ1) is 8.15. The molecular weight excluding hydrogens is 228 g/mol. The summed E-state index contributed by atoms with van der Waals surface area (Å²) < 4.78 is 0. The van der Waals surface area contributed by atoms with Crippen molar-refractivity contribution in [2.75, 3.05) is 0 Å². The smallest absolute Gasteiger partial charge is 0.161 e. The number of ketones is 1. The average Bonchev–Trinajstić information content (AvgIpc) is 2.43. The second-order valence-electron chi connectivity index (χ2n) is 6.75. The molecule has 2 N–H and O–H groups in total. The summed E-state index contributed by atoms with van der Waals surface area (Å²) in [7, 11) is 0. The first-order valence-electron chi connectivity index (χ1n) is 6.79. The van der Waals surface area contributed by atoms with Crippen LogP contribution in [0.15, 0.2) is 11.1 Å². The van der Waals surface area contributed by atoms with E-state index in [4.69, 9.17) is 0 Å². The van der Waals surface area contributed by atoms with E-state index in [0.717, 1.165) is 17.6 Å². The highest BCUT2D eigenvalue weighted by atomic mass is 16.3. The summed E-state index contributed by atoms with van der Waals surface area (Å²) in [6.45, 7) is 7.46. The highest BCUT2D eigenvalue weighted by Gasteiger charge is 2.53. The lowest BCUT2D eigenvalue weighted by Gasteiger charge is -2.34. The fourth-order valence-corrected chi connectivity index (χ4v) is 3.75. The molecule has 2 fully saturated rings. The molecular formula is C15H24O3.